The number of nitriles is 1. The molecule has 0 radical (unpaired) electrons. The predicted molar refractivity (Wildman–Crippen MR) is 93.9 cm³/mol. The van der Waals surface area contributed by atoms with Gasteiger partial charge in [-0.25, -0.2) is 4.98 Å². The largest absolute Gasteiger partial charge is 0.483 e. The summed E-state index contributed by atoms with van der Waals surface area (Å²) in [6, 6.07) is 5.39. The van der Waals surface area contributed by atoms with Gasteiger partial charge in [0.25, 0.3) is 6.47 Å². The lowest BCUT2D eigenvalue weighted by atomic mass is 9.80. The second-order valence-electron chi connectivity index (χ2n) is 5.85. The molecule has 0 spiro atoms. The average molecular weight is 340 g/mol. The zero-order valence-corrected chi connectivity index (χ0v) is 14.0. The molecule has 0 amide bonds. The first-order valence-electron chi connectivity index (χ1n) is 8.03. The van der Waals surface area contributed by atoms with Crippen LogP contribution in [0.3, 0.4) is 0 Å². The summed E-state index contributed by atoms with van der Waals surface area (Å²) in [6.07, 6.45) is 5.65. The van der Waals surface area contributed by atoms with E-state index in [1.54, 1.807) is 12.3 Å². The molecular formula is C18H20N4O3. The molecule has 0 aromatic carbocycles. The first kappa shape index (κ1) is 18.2. The maximum absolute atomic E-state index is 11.3. The van der Waals surface area contributed by atoms with Crippen molar-refractivity contribution in [1.82, 2.24) is 9.97 Å². The van der Waals surface area contributed by atoms with Gasteiger partial charge in [-0.15, -0.1) is 0 Å². The smallest absolute Gasteiger partial charge is 0.290 e. The van der Waals surface area contributed by atoms with Crippen LogP contribution in [0.2, 0.25) is 0 Å². The van der Waals surface area contributed by atoms with Crippen LogP contribution in [0.5, 0.6) is 0 Å². The fraction of sp³-hybridized carbons (Fsp3) is 0.333. The van der Waals surface area contributed by atoms with Gasteiger partial charge in [-0.1, -0.05) is 13.3 Å². The second-order valence-corrected chi connectivity index (χ2v) is 5.85. The summed E-state index contributed by atoms with van der Waals surface area (Å²) in [5.74, 6) is 0.878. The van der Waals surface area contributed by atoms with Crippen molar-refractivity contribution in [2.75, 3.05) is 5.73 Å². The Hall–Kier alpha value is -3.14. The second kappa shape index (κ2) is 8.11. The standard InChI is InChI=1S/C17H18N4O.CH2O2/c1-2-10-3-5-14-12(7-10)16(13(8-18)17(19)21-14)11-4-6-15(22)20-9-11;2-1-3/h4,6,9-10H,2-3,5,7H2,1H3,(H2,19,21)(H,20,22);1H,(H,2,3). The lowest BCUT2D eigenvalue weighted by Gasteiger charge is -2.26. The van der Waals surface area contributed by atoms with Gasteiger partial charge < -0.3 is 15.8 Å². The lowest BCUT2D eigenvalue weighted by molar-refractivity contribution is -0.122. The molecule has 7 heteroatoms. The zero-order valence-electron chi connectivity index (χ0n) is 14.0. The summed E-state index contributed by atoms with van der Waals surface area (Å²) in [4.78, 5) is 26.8. The van der Waals surface area contributed by atoms with Crippen LogP contribution in [0.15, 0.2) is 23.1 Å². The number of nitrogens with one attached hydrogen (secondary N) is 1. The number of pyridine rings is 2. The predicted octanol–water partition coefficient (Wildman–Crippen LogP) is 2.11. The fourth-order valence-electron chi connectivity index (χ4n) is 3.20. The summed E-state index contributed by atoms with van der Waals surface area (Å²) in [6.45, 7) is 1.94. The number of carboxylic acid groups (broad SMARTS) is 1. The number of aromatic amines is 1. The molecule has 2 aromatic heterocycles. The molecule has 3 rings (SSSR count). The highest BCUT2D eigenvalue weighted by Crippen LogP contribution is 2.37. The Morgan fingerprint density at radius 3 is 2.80 bits per heavy atom. The molecule has 1 atom stereocenters. The summed E-state index contributed by atoms with van der Waals surface area (Å²) in [5.41, 5.74) is 9.97. The third-order valence-electron chi connectivity index (χ3n) is 4.46. The van der Waals surface area contributed by atoms with Gasteiger partial charge in [0.2, 0.25) is 5.56 Å². The van der Waals surface area contributed by atoms with Crippen LogP contribution in [0.4, 0.5) is 5.82 Å². The molecule has 1 aliphatic carbocycles. The highest BCUT2D eigenvalue weighted by Gasteiger charge is 2.25. The number of rotatable bonds is 2. The SMILES string of the molecule is CCC1CCc2nc(N)c(C#N)c(-c3ccc(=O)[nH]c3)c2C1.O=CO. The molecule has 2 heterocycles. The highest BCUT2D eigenvalue weighted by molar-refractivity contribution is 5.78. The molecule has 7 nitrogen and oxygen atoms in total. The number of fused-ring (bicyclic) bond motifs is 1. The minimum atomic E-state index is -0.250. The fourth-order valence-corrected chi connectivity index (χ4v) is 3.20. The van der Waals surface area contributed by atoms with Crippen LogP contribution < -0.4 is 11.3 Å². The number of hydrogen-bond donors (Lipinski definition) is 3. The number of aromatic nitrogens is 2. The van der Waals surface area contributed by atoms with E-state index in [2.05, 4.69) is 23.0 Å². The van der Waals surface area contributed by atoms with Crippen molar-refractivity contribution in [3.05, 3.63) is 45.5 Å². The summed E-state index contributed by atoms with van der Waals surface area (Å²) < 4.78 is 0. The minimum absolute atomic E-state index is 0.162. The average Bonchev–Trinajstić information content (AvgIpc) is 2.61. The summed E-state index contributed by atoms with van der Waals surface area (Å²) in [5, 5.41) is 16.4. The van der Waals surface area contributed by atoms with Crippen molar-refractivity contribution >= 4 is 12.3 Å². The van der Waals surface area contributed by atoms with E-state index in [0.29, 0.717) is 11.5 Å². The molecule has 2 aromatic rings. The van der Waals surface area contributed by atoms with Crippen LogP contribution >= 0.6 is 0 Å². The Morgan fingerprint density at radius 2 is 2.24 bits per heavy atom. The Bertz CT molecular complexity index is 847. The van der Waals surface area contributed by atoms with Crippen molar-refractivity contribution in [3.63, 3.8) is 0 Å². The van der Waals surface area contributed by atoms with Crippen LogP contribution in [0.1, 0.15) is 36.6 Å². The van der Waals surface area contributed by atoms with Crippen LogP contribution in [-0.2, 0) is 17.6 Å². The molecule has 0 saturated heterocycles. The number of H-pyrrole nitrogens is 1. The molecule has 4 N–H and O–H groups in total. The van der Waals surface area contributed by atoms with E-state index in [-0.39, 0.29) is 17.8 Å². The molecule has 0 saturated carbocycles. The molecule has 1 aliphatic rings. The molecule has 1 unspecified atom stereocenters. The van der Waals surface area contributed by atoms with Gasteiger partial charge in [0, 0.05) is 23.5 Å². The first-order chi connectivity index (χ1) is 12.0. The summed E-state index contributed by atoms with van der Waals surface area (Å²) >= 11 is 0. The van der Waals surface area contributed by atoms with E-state index in [1.165, 1.54) is 6.07 Å². The van der Waals surface area contributed by atoms with E-state index >= 15 is 0 Å². The first-order valence-corrected chi connectivity index (χ1v) is 8.03. The Kier molecular flexibility index (Phi) is 5.90. The van der Waals surface area contributed by atoms with Crippen LogP contribution in [-0.4, -0.2) is 21.5 Å². The van der Waals surface area contributed by atoms with E-state index < -0.39 is 0 Å². The number of nitrogens with two attached hydrogens (primary N) is 1. The van der Waals surface area contributed by atoms with Gasteiger partial charge in [-0.2, -0.15) is 5.26 Å². The number of anilines is 1. The van der Waals surface area contributed by atoms with Crippen molar-refractivity contribution < 1.29 is 9.90 Å². The normalized spacial score (nSPS) is 15.3. The Labute approximate surface area is 145 Å². The molecule has 0 aliphatic heterocycles. The topological polar surface area (TPSA) is 133 Å². The Morgan fingerprint density at radius 1 is 1.52 bits per heavy atom. The van der Waals surface area contributed by atoms with Gasteiger partial charge in [0.1, 0.15) is 17.5 Å². The van der Waals surface area contributed by atoms with Crippen molar-refractivity contribution in [1.29, 1.82) is 5.26 Å². The van der Waals surface area contributed by atoms with E-state index in [4.69, 9.17) is 15.6 Å². The minimum Gasteiger partial charge on any atom is -0.483 e. The van der Waals surface area contributed by atoms with Crippen LogP contribution in [0.25, 0.3) is 11.1 Å². The maximum atomic E-state index is 11.3. The number of carbonyl (C=O) groups is 1. The lowest BCUT2D eigenvalue weighted by Crippen LogP contribution is -2.18. The maximum Gasteiger partial charge on any atom is 0.290 e. The molecule has 0 bridgehead atoms. The molecule has 0 fully saturated rings. The highest BCUT2D eigenvalue weighted by atomic mass is 16.3. The van der Waals surface area contributed by atoms with Crippen LogP contribution in [0, 0.1) is 17.2 Å². The van der Waals surface area contributed by atoms with Gasteiger partial charge >= 0.3 is 0 Å². The molecule has 130 valence electrons. The number of nitrogen functional groups attached to an aromatic ring is 1. The van der Waals surface area contributed by atoms with E-state index in [0.717, 1.165) is 48.1 Å². The van der Waals surface area contributed by atoms with Gasteiger partial charge in [0.15, 0.2) is 0 Å². The van der Waals surface area contributed by atoms with Gasteiger partial charge in [-0.3, -0.25) is 9.59 Å². The van der Waals surface area contributed by atoms with E-state index in [1.807, 2.05) is 0 Å². The quantitative estimate of drug-likeness (QED) is 0.717. The van der Waals surface area contributed by atoms with Crippen molar-refractivity contribution in [2.45, 2.75) is 32.6 Å². The van der Waals surface area contributed by atoms with Crippen molar-refractivity contribution in [2.24, 2.45) is 5.92 Å². The number of nitrogens with zero attached hydrogens (tertiary/aromatic N) is 2. The van der Waals surface area contributed by atoms with Crippen molar-refractivity contribution in [3.8, 4) is 17.2 Å². The third-order valence-corrected chi connectivity index (χ3v) is 4.46. The third kappa shape index (κ3) is 3.86. The zero-order chi connectivity index (χ0) is 18.4. The van der Waals surface area contributed by atoms with Gasteiger partial charge in [0.05, 0.1) is 0 Å². The van der Waals surface area contributed by atoms with Gasteiger partial charge in [-0.05, 0) is 42.4 Å². The monoisotopic (exact) mass is 340 g/mol. The Balaban J connectivity index is 0.000000701. The summed E-state index contributed by atoms with van der Waals surface area (Å²) in [7, 11) is 0. The number of aryl methyl sites for hydroxylation is 1. The molecule has 25 heavy (non-hydrogen) atoms. The van der Waals surface area contributed by atoms with E-state index in [9.17, 15) is 10.1 Å². The molecular weight excluding hydrogens is 320 g/mol. The number of hydrogen-bond acceptors (Lipinski definition) is 5.